The molecule has 1 aliphatic carbocycles. The van der Waals surface area contributed by atoms with Crippen LogP contribution in [0.4, 0.5) is 5.69 Å². The molecule has 4 rings (SSSR count). The van der Waals surface area contributed by atoms with E-state index in [1.807, 2.05) is 17.4 Å². The molecule has 0 spiro atoms. The van der Waals surface area contributed by atoms with Crippen LogP contribution in [0.1, 0.15) is 47.8 Å². The van der Waals surface area contributed by atoms with Gasteiger partial charge in [0.05, 0.1) is 20.4 Å². The molecule has 0 aromatic carbocycles. The van der Waals surface area contributed by atoms with Crippen LogP contribution in [0.3, 0.4) is 0 Å². The number of pyridine rings is 1. The third-order valence-electron chi connectivity index (χ3n) is 5.02. The van der Waals surface area contributed by atoms with E-state index in [1.165, 1.54) is 29.0 Å². The average Bonchev–Trinajstić information content (AvgIpc) is 3.19. The molecule has 0 aliphatic heterocycles. The Labute approximate surface area is 175 Å². The highest BCUT2D eigenvalue weighted by atomic mass is 79.9. The fourth-order valence-corrected chi connectivity index (χ4v) is 6.78. The zero-order valence-electron chi connectivity index (χ0n) is 14.3. The summed E-state index contributed by atoms with van der Waals surface area (Å²) in [5, 5.41) is 6.15. The summed E-state index contributed by atoms with van der Waals surface area (Å²) in [6.45, 7) is 0.793. The normalized spacial score (nSPS) is 21.0. The van der Waals surface area contributed by atoms with Crippen molar-refractivity contribution >= 4 is 66.1 Å². The third-order valence-corrected chi connectivity index (χ3v) is 8.50. The third kappa shape index (κ3) is 3.80. The smallest absolute Gasteiger partial charge is 0.131 e. The van der Waals surface area contributed by atoms with Gasteiger partial charge in [0.25, 0.3) is 0 Å². The number of rotatable bonds is 4. The molecule has 0 saturated heterocycles. The van der Waals surface area contributed by atoms with E-state index in [4.69, 9.17) is 17.3 Å². The lowest BCUT2D eigenvalue weighted by molar-refractivity contribution is 0.510. The fourth-order valence-electron chi connectivity index (χ4n) is 3.65. The summed E-state index contributed by atoms with van der Waals surface area (Å²) in [6.07, 6.45) is 6.01. The quantitative estimate of drug-likeness (QED) is 0.327. The van der Waals surface area contributed by atoms with Gasteiger partial charge in [-0.05, 0) is 40.2 Å². The van der Waals surface area contributed by atoms with Gasteiger partial charge in [-0.1, -0.05) is 36.9 Å². The second kappa shape index (κ2) is 8.15. The Bertz CT molecular complexity index is 894. The van der Waals surface area contributed by atoms with E-state index >= 15 is 0 Å². The molecular formula is C19H21BrClN3S2. The first-order valence-corrected chi connectivity index (χ1v) is 11.8. The topological polar surface area (TPSA) is 50.9 Å². The van der Waals surface area contributed by atoms with Crippen LogP contribution in [-0.2, 0) is 6.54 Å². The molecule has 3 nitrogen and oxygen atoms in total. The van der Waals surface area contributed by atoms with Crippen molar-refractivity contribution in [3.05, 3.63) is 43.0 Å². The summed E-state index contributed by atoms with van der Waals surface area (Å²) in [5.41, 5.74) is 8.51. The minimum atomic E-state index is 0.222. The lowest BCUT2D eigenvalue weighted by Crippen LogP contribution is -2.26. The Morgan fingerprint density at radius 1 is 1.31 bits per heavy atom. The van der Waals surface area contributed by atoms with Crippen LogP contribution in [0.15, 0.2) is 28.1 Å². The van der Waals surface area contributed by atoms with Gasteiger partial charge in [0, 0.05) is 34.3 Å². The van der Waals surface area contributed by atoms with Crippen LogP contribution in [0.5, 0.6) is 0 Å². The minimum Gasteiger partial charge on any atom is -0.379 e. The Balaban J connectivity index is 1.72. The summed E-state index contributed by atoms with van der Waals surface area (Å²) in [6, 6.07) is 6.36. The highest BCUT2D eigenvalue weighted by Gasteiger charge is 2.27. The van der Waals surface area contributed by atoms with E-state index in [0.29, 0.717) is 11.1 Å². The van der Waals surface area contributed by atoms with Crippen molar-refractivity contribution in [2.24, 2.45) is 5.73 Å². The molecule has 2 atom stereocenters. The fraction of sp³-hybridized carbons (Fsp3) is 0.421. The van der Waals surface area contributed by atoms with Gasteiger partial charge in [-0.3, -0.25) is 0 Å². The van der Waals surface area contributed by atoms with Gasteiger partial charge in [-0.25, -0.2) is 4.98 Å². The Morgan fingerprint density at radius 2 is 2.15 bits per heavy atom. The van der Waals surface area contributed by atoms with Gasteiger partial charge >= 0.3 is 0 Å². The molecule has 1 fully saturated rings. The van der Waals surface area contributed by atoms with E-state index in [9.17, 15) is 0 Å². The van der Waals surface area contributed by atoms with Crippen molar-refractivity contribution in [1.29, 1.82) is 0 Å². The predicted molar refractivity (Wildman–Crippen MR) is 118 cm³/mol. The lowest BCUT2D eigenvalue weighted by Gasteiger charge is -2.20. The second-order valence-corrected chi connectivity index (χ2v) is 10.1. The number of nitrogens with two attached hydrogens (primary N) is 1. The predicted octanol–water partition coefficient (Wildman–Crippen LogP) is 6.76. The molecule has 0 bridgehead atoms. The zero-order valence-corrected chi connectivity index (χ0v) is 18.3. The number of nitrogens with zero attached hydrogens (tertiary/aromatic N) is 1. The first-order valence-electron chi connectivity index (χ1n) is 8.93. The SMILES string of the molecule is N[C@H]1CCCCC[C@H]1c1sc2c(NCc3cccs3)cc(Cl)nc2c1Br. The van der Waals surface area contributed by atoms with Crippen molar-refractivity contribution in [3.63, 3.8) is 0 Å². The monoisotopic (exact) mass is 469 g/mol. The Hall–Kier alpha value is -0.660. The molecule has 0 amide bonds. The zero-order chi connectivity index (χ0) is 18.1. The first-order chi connectivity index (χ1) is 12.6. The second-order valence-electron chi connectivity index (χ2n) is 6.79. The van der Waals surface area contributed by atoms with Crippen molar-refractivity contribution in [1.82, 2.24) is 4.98 Å². The summed E-state index contributed by atoms with van der Waals surface area (Å²) in [4.78, 5) is 7.22. The van der Waals surface area contributed by atoms with Crippen LogP contribution in [0.25, 0.3) is 10.2 Å². The van der Waals surface area contributed by atoms with E-state index in [-0.39, 0.29) is 6.04 Å². The highest BCUT2D eigenvalue weighted by molar-refractivity contribution is 9.10. The maximum atomic E-state index is 6.52. The molecule has 3 N–H and O–H groups in total. The van der Waals surface area contributed by atoms with Crippen molar-refractivity contribution in [2.75, 3.05) is 5.32 Å². The van der Waals surface area contributed by atoms with Gasteiger partial charge in [0.15, 0.2) is 0 Å². The highest BCUT2D eigenvalue weighted by Crippen LogP contribution is 2.46. The number of thiophene rings is 2. The summed E-state index contributed by atoms with van der Waals surface area (Å²) in [5.74, 6) is 0.398. The largest absolute Gasteiger partial charge is 0.379 e. The molecule has 3 aromatic rings. The minimum absolute atomic E-state index is 0.222. The van der Waals surface area contributed by atoms with Gasteiger partial charge in [0.1, 0.15) is 5.15 Å². The molecule has 138 valence electrons. The van der Waals surface area contributed by atoms with E-state index in [0.717, 1.165) is 39.8 Å². The standard InChI is InChI=1S/C19H21BrClN3S2/c20-16-17-19(26-18(16)12-6-2-1-3-7-13(12)22)14(9-15(21)24-17)23-10-11-5-4-8-25-11/h4-5,8-9,12-13H,1-3,6-7,10,22H2,(H,23,24)/t12-,13+/m1/s1. The number of nitrogens with one attached hydrogen (secondary N) is 1. The Kier molecular flexibility index (Phi) is 5.86. The maximum absolute atomic E-state index is 6.52. The van der Waals surface area contributed by atoms with Gasteiger partial charge in [-0.15, -0.1) is 22.7 Å². The first kappa shape index (κ1) is 18.7. The van der Waals surface area contributed by atoms with Gasteiger partial charge in [-0.2, -0.15) is 0 Å². The average molecular weight is 471 g/mol. The summed E-state index contributed by atoms with van der Waals surface area (Å²) >= 11 is 13.7. The number of aromatic nitrogens is 1. The molecule has 0 unspecified atom stereocenters. The number of hydrogen-bond acceptors (Lipinski definition) is 5. The molecular weight excluding hydrogens is 450 g/mol. The van der Waals surface area contributed by atoms with Crippen LogP contribution >= 0.6 is 50.2 Å². The molecule has 1 aliphatic rings. The molecule has 3 aromatic heterocycles. The van der Waals surface area contributed by atoms with Crippen LogP contribution in [-0.4, -0.2) is 11.0 Å². The lowest BCUT2D eigenvalue weighted by atomic mass is 9.94. The molecule has 1 saturated carbocycles. The van der Waals surface area contributed by atoms with Gasteiger partial charge in [0.2, 0.25) is 0 Å². The van der Waals surface area contributed by atoms with Crippen molar-refractivity contribution in [3.8, 4) is 0 Å². The molecule has 0 radical (unpaired) electrons. The van der Waals surface area contributed by atoms with E-state index in [2.05, 4.69) is 43.7 Å². The Morgan fingerprint density at radius 3 is 2.96 bits per heavy atom. The molecule has 7 heteroatoms. The number of halogens is 2. The summed E-state index contributed by atoms with van der Waals surface area (Å²) in [7, 11) is 0. The number of fused-ring (bicyclic) bond motifs is 1. The van der Waals surface area contributed by atoms with E-state index < -0.39 is 0 Å². The van der Waals surface area contributed by atoms with E-state index in [1.54, 1.807) is 11.3 Å². The number of anilines is 1. The summed E-state index contributed by atoms with van der Waals surface area (Å²) < 4.78 is 2.23. The van der Waals surface area contributed by atoms with Crippen molar-refractivity contribution in [2.45, 2.75) is 50.6 Å². The maximum Gasteiger partial charge on any atom is 0.131 e. The molecule has 26 heavy (non-hydrogen) atoms. The molecule has 3 heterocycles. The van der Waals surface area contributed by atoms with Gasteiger partial charge < -0.3 is 11.1 Å². The van der Waals surface area contributed by atoms with Crippen LogP contribution in [0, 0.1) is 0 Å². The van der Waals surface area contributed by atoms with Crippen LogP contribution in [0.2, 0.25) is 5.15 Å². The number of hydrogen-bond donors (Lipinski definition) is 2. The van der Waals surface area contributed by atoms with Crippen molar-refractivity contribution < 1.29 is 0 Å². The van der Waals surface area contributed by atoms with Crippen LogP contribution < -0.4 is 11.1 Å².